The monoisotopic (exact) mass is 340 g/mol. The maximum absolute atomic E-state index is 12.8. The van der Waals surface area contributed by atoms with Crippen LogP contribution in [-0.4, -0.2) is 15.0 Å². The Labute approximate surface area is 131 Å². The van der Waals surface area contributed by atoms with E-state index in [-0.39, 0.29) is 5.82 Å². The first kappa shape index (κ1) is 15.3. The van der Waals surface area contributed by atoms with Crippen LogP contribution >= 0.6 is 11.3 Å². The molecule has 3 aromatic rings. The Balaban J connectivity index is 1.81. The van der Waals surface area contributed by atoms with Crippen LogP contribution in [0.3, 0.4) is 0 Å². The molecule has 4 nitrogen and oxygen atoms in total. The van der Waals surface area contributed by atoms with Crippen LogP contribution in [0.1, 0.15) is 5.56 Å². The molecule has 0 amide bonds. The smallest absolute Gasteiger partial charge is 0.316 e. The molecule has 0 saturated carbocycles. The fourth-order valence-electron chi connectivity index (χ4n) is 1.76. The molecular weight excluding hydrogens is 332 g/mol. The second-order valence-corrected chi connectivity index (χ2v) is 5.31. The summed E-state index contributed by atoms with van der Waals surface area (Å²) in [6.07, 6.45) is -2.30. The van der Waals surface area contributed by atoms with E-state index in [0.29, 0.717) is 16.5 Å². The van der Waals surface area contributed by atoms with E-state index in [1.165, 1.54) is 23.5 Å². The first-order valence-corrected chi connectivity index (χ1v) is 7.17. The summed E-state index contributed by atoms with van der Waals surface area (Å²) in [5.41, 5.74) is 0.157. The number of hydrogen-bond donors (Lipinski definition) is 1. The highest BCUT2D eigenvalue weighted by molar-refractivity contribution is 7.14. The fourth-order valence-corrected chi connectivity index (χ4v) is 2.47. The van der Waals surface area contributed by atoms with E-state index in [2.05, 4.69) is 20.3 Å². The van der Waals surface area contributed by atoms with E-state index in [9.17, 15) is 17.6 Å². The van der Waals surface area contributed by atoms with Crippen LogP contribution in [0, 0.1) is 5.82 Å². The molecule has 0 atom stereocenters. The number of alkyl halides is 3. The van der Waals surface area contributed by atoms with Gasteiger partial charge in [0.1, 0.15) is 17.3 Å². The molecule has 23 heavy (non-hydrogen) atoms. The number of nitrogens with one attached hydrogen (secondary N) is 1. The average Bonchev–Trinajstić information content (AvgIpc) is 2.96. The van der Waals surface area contributed by atoms with E-state index >= 15 is 0 Å². The lowest BCUT2D eigenvalue weighted by molar-refractivity contribution is -0.137. The van der Waals surface area contributed by atoms with Crippen molar-refractivity contribution < 1.29 is 17.6 Å². The van der Waals surface area contributed by atoms with E-state index in [4.69, 9.17) is 0 Å². The lowest BCUT2D eigenvalue weighted by Gasteiger charge is -2.08. The lowest BCUT2D eigenvalue weighted by Crippen LogP contribution is -2.06. The number of anilines is 2. The number of rotatable bonds is 3. The Bertz CT molecular complexity index is 814. The minimum Gasteiger partial charge on any atom is -0.316 e. The van der Waals surface area contributed by atoms with Crippen molar-refractivity contribution in [3.8, 4) is 11.4 Å². The summed E-state index contributed by atoms with van der Waals surface area (Å²) in [5, 5.41) is 4.73. The summed E-state index contributed by atoms with van der Waals surface area (Å²) in [6, 6.07) is 4.51. The molecule has 0 aliphatic rings. The third kappa shape index (κ3) is 3.62. The van der Waals surface area contributed by atoms with E-state index in [1.54, 1.807) is 5.38 Å². The maximum atomic E-state index is 12.8. The molecule has 3 heterocycles. The highest BCUT2D eigenvalue weighted by atomic mass is 32.1. The molecule has 9 heteroatoms. The number of nitrogens with zero attached hydrogens (tertiary/aromatic N) is 3. The van der Waals surface area contributed by atoms with Gasteiger partial charge >= 0.3 is 6.18 Å². The summed E-state index contributed by atoms with van der Waals surface area (Å²) < 4.78 is 50.8. The van der Waals surface area contributed by atoms with Gasteiger partial charge in [-0.1, -0.05) is 0 Å². The second-order valence-electron chi connectivity index (χ2n) is 4.45. The van der Waals surface area contributed by atoms with Crippen LogP contribution in [0.5, 0.6) is 0 Å². The Morgan fingerprint density at radius 1 is 1.04 bits per heavy atom. The number of thiazole rings is 1. The van der Waals surface area contributed by atoms with Crippen LogP contribution in [0.25, 0.3) is 11.4 Å². The van der Waals surface area contributed by atoms with E-state index in [0.717, 1.165) is 24.5 Å². The molecule has 0 fully saturated rings. The maximum Gasteiger partial charge on any atom is 0.416 e. The third-order valence-electron chi connectivity index (χ3n) is 2.82. The van der Waals surface area contributed by atoms with Gasteiger partial charge in [-0.2, -0.15) is 13.2 Å². The molecule has 0 spiro atoms. The number of hydrogen-bond acceptors (Lipinski definition) is 5. The summed E-state index contributed by atoms with van der Waals surface area (Å²) in [6.45, 7) is 0. The third-order valence-corrected chi connectivity index (χ3v) is 3.57. The van der Waals surface area contributed by atoms with Crippen LogP contribution in [0.2, 0.25) is 0 Å². The quantitative estimate of drug-likeness (QED) is 0.713. The van der Waals surface area contributed by atoms with Gasteiger partial charge in [0.2, 0.25) is 0 Å². The van der Waals surface area contributed by atoms with Crippen molar-refractivity contribution in [2.75, 3.05) is 5.32 Å². The van der Waals surface area contributed by atoms with Gasteiger partial charge in [0, 0.05) is 11.6 Å². The topological polar surface area (TPSA) is 50.7 Å². The molecular formula is C14H8F4N4S. The van der Waals surface area contributed by atoms with Crippen molar-refractivity contribution in [3.05, 3.63) is 53.4 Å². The highest BCUT2D eigenvalue weighted by Gasteiger charge is 2.30. The molecule has 0 aliphatic heterocycles. The number of pyridine rings is 2. The molecule has 3 rings (SSSR count). The molecule has 0 radical (unpaired) electrons. The van der Waals surface area contributed by atoms with Crippen molar-refractivity contribution in [3.63, 3.8) is 0 Å². The molecule has 1 N–H and O–H groups in total. The number of halogens is 4. The Kier molecular flexibility index (Phi) is 3.95. The molecule has 0 aromatic carbocycles. The molecule has 118 valence electrons. The molecule has 0 bridgehead atoms. The van der Waals surface area contributed by atoms with E-state index in [1.807, 2.05) is 0 Å². The van der Waals surface area contributed by atoms with Gasteiger partial charge in [0.25, 0.3) is 0 Å². The normalized spacial score (nSPS) is 11.5. The predicted molar refractivity (Wildman–Crippen MR) is 77.8 cm³/mol. The minimum absolute atomic E-state index is 0.0350. The van der Waals surface area contributed by atoms with Crippen molar-refractivity contribution in [1.29, 1.82) is 0 Å². The zero-order valence-electron chi connectivity index (χ0n) is 11.3. The van der Waals surface area contributed by atoms with Gasteiger partial charge in [-0.25, -0.2) is 14.4 Å². The largest absolute Gasteiger partial charge is 0.416 e. The first-order valence-electron chi connectivity index (χ1n) is 6.29. The lowest BCUT2D eigenvalue weighted by atomic mass is 10.2. The molecule has 0 aliphatic carbocycles. The Hall–Kier alpha value is -2.55. The summed E-state index contributed by atoms with van der Waals surface area (Å²) >= 11 is 1.18. The van der Waals surface area contributed by atoms with Crippen molar-refractivity contribution in [2.24, 2.45) is 0 Å². The van der Waals surface area contributed by atoms with Crippen molar-refractivity contribution >= 4 is 22.3 Å². The van der Waals surface area contributed by atoms with Crippen molar-refractivity contribution in [2.45, 2.75) is 6.18 Å². The molecule has 0 unspecified atom stereocenters. The van der Waals surface area contributed by atoms with Gasteiger partial charge in [0.05, 0.1) is 17.5 Å². The van der Waals surface area contributed by atoms with Gasteiger partial charge in [-0.05, 0) is 24.3 Å². The van der Waals surface area contributed by atoms with Gasteiger partial charge in [-0.15, -0.1) is 11.3 Å². The summed E-state index contributed by atoms with van der Waals surface area (Å²) in [7, 11) is 0. The zero-order chi connectivity index (χ0) is 16.4. The van der Waals surface area contributed by atoms with E-state index < -0.39 is 17.6 Å². The molecule has 0 saturated heterocycles. The Morgan fingerprint density at radius 2 is 1.87 bits per heavy atom. The first-order chi connectivity index (χ1) is 10.9. The van der Waals surface area contributed by atoms with Crippen LogP contribution < -0.4 is 5.32 Å². The second kappa shape index (κ2) is 5.92. The number of aromatic nitrogens is 3. The Morgan fingerprint density at radius 3 is 2.57 bits per heavy atom. The fraction of sp³-hybridized carbons (Fsp3) is 0.0714. The van der Waals surface area contributed by atoms with Crippen LogP contribution in [0.4, 0.5) is 28.5 Å². The summed E-state index contributed by atoms with van der Waals surface area (Å²) in [5.74, 6) is -0.428. The highest BCUT2D eigenvalue weighted by Crippen LogP contribution is 2.31. The predicted octanol–water partition coefficient (Wildman–Crippen LogP) is 4.50. The van der Waals surface area contributed by atoms with Crippen molar-refractivity contribution in [1.82, 2.24) is 15.0 Å². The van der Waals surface area contributed by atoms with Crippen LogP contribution in [0.15, 0.2) is 42.0 Å². The van der Waals surface area contributed by atoms with Crippen LogP contribution in [-0.2, 0) is 6.18 Å². The SMILES string of the molecule is Fc1ccc(-c2csc(Nc3cc(C(F)(F)F)ccn3)n2)nc1. The summed E-state index contributed by atoms with van der Waals surface area (Å²) in [4.78, 5) is 11.9. The molecule has 3 aromatic heterocycles. The zero-order valence-corrected chi connectivity index (χ0v) is 12.1. The standard InChI is InChI=1S/C14H8F4N4S/c15-9-1-2-10(20-6-9)11-7-23-13(21-11)22-12-5-8(3-4-19-12)14(16,17)18/h1-7H,(H,19,21,22). The van der Waals surface area contributed by atoms with Gasteiger partial charge in [-0.3, -0.25) is 4.98 Å². The van der Waals surface area contributed by atoms with Gasteiger partial charge in [0.15, 0.2) is 5.13 Å². The van der Waals surface area contributed by atoms with Gasteiger partial charge < -0.3 is 5.32 Å². The minimum atomic E-state index is -4.44. The average molecular weight is 340 g/mol.